The fourth-order valence-electron chi connectivity index (χ4n) is 2.17. The maximum atomic E-state index is 11.9. The van der Waals surface area contributed by atoms with Gasteiger partial charge in [-0.1, -0.05) is 6.08 Å². The molecule has 0 spiro atoms. The zero-order valence-electron chi connectivity index (χ0n) is 11.8. The smallest absolute Gasteiger partial charge is 0.278 e. The number of carbonyl (C=O) groups excluding carboxylic acids is 1. The average molecular weight is 277 g/mol. The molecule has 1 aromatic rings. The number of aromatic nitrogens is 2. The number of amides is 1. The van der Waals surface area contributed by atoms with Crippen molar-refractivity contribution in [3.05, 3.63) is 24.5 Å². The molecule has 1 aromatic heterocycles. The summed E-state index contributed by atoms with van der Waals surface area (Å²) in [4.78, 5) is 21.8. The van der Waals surface area contributed by atoms with Crippen LogP contribution in [0.3, 0.4) is 0 Å². The van der Waals surface area contributed by atoms with E-state index in [2.05, 4.69) is 9.97 Å². The van der Waals surface area contributed by atoms with Crippen molar-refractivity contribution in [2.45, 2.75) is 25.9 Å². The van der Waals surface area contributed by atoms with E-state index < -0.39 is 0 Å². The molecule has 0 radical (unpaired) electrons. The van der Waals surface area contributed by atoms with Crippen LogP contribution in [0.15, 0.2) is 24.5 Å². The number of methoxy groups -OCH3 is 1. The van der Waals surface area contributed by atoms with Gasteiger partial charge in [0, 0.05) is 18.9 Å². The molecule has 1 fully saturated rings. The molecule has 1 amide bonds. The van der Waals surface area contributed by atoms with Gasteiger partial charge in [0.15, 0.2) is 0 Å². The predicted octanol–water partition coefficient (Wildman–Crippen LogP) is 1.43. The van der Waals surface area contributed by atoms with Crippen molar-refractivity contribution in [1.29, 1.82) is 0 Å². The van der Waals surface area contributed by atoms with Gasteiger partial charge >= 0.3 is 0 Å². The highest BCUT2D eigenvalue weighted by atomic mass is 16.5. The molecule has 6 nitrogen and oxygen atoms in total. The highest BCUT2D eigenvalue weighted by molar-refractivity contribution is 5.87. The Bertz CT molecular complexity index is 490. The van der Waals surface area contributed by atoms with Gasteiger partial charge in [-0.3, -0.25) is 4.79 Å². The van der Waals surface area contributed by atoms with Gasteiger partial charge in [0.2, 0.25) is 5.91 Å². The van der Waals surface area contributed by atoms with Crippen LogP contribution in [0.1, 0.15) is 19.8 Å². The monoisotopic (exact) mass is 277 g/mol. The molecular weight excluding hydrogens is 258 g/mol. The molecular formula is C14H19N3O3. The Labute approximate surface area is 118 Å². The quantitative estimate of drug-likeness (QED) is 0.779. The highest BCUT2D eigenvalue weighted by Gasteiger charge is 2.25. The second-order valence-electron chi connectivity index (χ2n) is 4.54. The number of hydrogen-bond donors (Lipinski definition) is 0. The van der Waals surface area contributed by atoms with Gasteiger partial charge in [-0.25, -0.2) is 9.97 Å². The van der Waals surface area contributed by atoms with Crippen molar-refractivity contribution < 1.29 is 14.3 Å². The second kappa shape index (κ2) is 6.88. The fourth-order valence-corrected chi connectivity index (χ4v) is 2.17. The Morgan fingerprint density at radius 2 is 2.15 bits per heavy atom. The molecule has 20 heavy (non-hydrogen) atoms. The van der Waals surface area contributed by atoms with Gasteiger partial charge in [-0.15, -0.1) is 0 Å². The largest absolute Gasteiger partial charge is 0.477 e. The molecule has 1 aliphatic heterocycles. The molecule has 0 aromatic carbocycles. The first-order chi connectivity index (χ1) is 9.74. The zero-order valence-corrected chi connectivity index (χ0v) is 11.8. The summed E-state index contributed by atoms with van der Waals surface area (Å²) in [5.41, 5.74) is 0. The summed E-state index contributed by atoms with van der Waals surface area (Å²) in [7, 11) is 1.53. The summed E-state index contributed by atoms with van der Waals surface area (Å²) in [5, 5.41) is 0. The van der Waals surface area contributed by atoms with E-state index in [1.54, 1.807) is 29.4 Å². The summed E-state index contributed by atoms with van der Waals surface area (Å²) in [6, 6.07) is 0. The number of carbonyl (C=O) groups is 1. The fraction of sp³-hybridized carbons (Fsp3) is 0.500. The predicted molar refractivity (Wildman–Crippen MR) is 73.6 cm³/mol. The van der Waals surface area contributed by atoms with Crippen LogP contribution in [0.25, 0.3) is 0 Å². The minimum atomic E-state index is -0.0800. The number of ether oxygens (including phenoxy) is 2. The average Bonchev–Trinajstić information content (AvgIpc) is 2.48. The Hall–Kier alpha value is -2.11. The lowest BCUT2D eigenvalue weighted by Crippen LogP contribution is -2.43. The van der Waals surface area contributed by atoms with Crippen LogP contribution >= 0.6 is 0 Å². The van der Waals surface area contributed by atoms with Crippen LogP contribution in [0.2, 0.25) is 0 Å². The number of nitrogens with zero attached hydrogens (tertiary/aromatic N) is 3. The van der Waals surface area contributed by atoms with Crippen molar-refractivity contribution >= 4 is 5.91 Å². The van der Waals surface area contributed by atoms with E-state index >= 15 is 0 Å². The topological polar surface area (TPSA) is 64.6 Å². The van der Waals surface area contributed by atoms with Crippen LogP contribution in [0, 0.1) is 0 Å². The third kappa shape index (κ3) is 3.46. The van der Waals surface area contributed by atoms with Crippen molar-refractivity contribution in [2.75, 3.05) is 20.2 Å². The van der Waals surface area contributed by atoms with E-state index in [1.807, 2.05) is 6.92 Å². The van der Waals surface area contributed by atoms with Crippen LogP contribution in [0.4, 0.5) is 0 Å². The SMILES string of the molecule is C/C=C/C(=O)N1CCC[C@@H](Oc2nccnc2OC)C1. The lowest BCUT2D eigenvalue weighted by molar-refractivity contribution is -0.128. The third-order valence-electron chi connectivity index (χ3n) is 3.10. The molecule has 108 valence electrons. The summed E-state index contributed by atoms with van der Waals surface area (Å²) < 4.78 is 10.9. The van der Waals surface area contributed by atoms with E-state index in [4.69, 9.17) is 9.47 Å². The van der Waals surface area contributed by atoms with Gasteiger partial charge < -0.3 is 14.4 Å². The first-order valence-electron chi connectivity index (χ1n) is 6.68. The van der Waals surface area contributed by atoms with Crippen molar-refractivity contribution in [3.63, 3.8) is 0 Å². The van der Waals surface area contributed by atoms with Crippen molar-refractivity contribution in [1.82, 2.24) is 14.9 Å². The minimum absolute atomic E-state index is 0.0203. The van der Waals surface area contributed by atoms with Crippen molar-refractivity contribution in [3.8, 4) is 11.8 Å². The molecule has 2 heterocycles. The Balaban J connectivity index is 2.01. The third-order valence-corrected chi connectivity index (χ3v) is 3.10. The standard InChI is InChI=1S/C14H19N3O3/c1-3-5-12(18)17-9-4-6-11(10-17)20-14-13(19-2)15-7-8-16-14/h3,5,7-8,11H,4,6,9-10H2,1-2H3/b5-3+/t11-/m1/s1. The molecule has 6 heteroatoms. The Morgan fingerprint density at radius 3 is 2.85 bits per heavy atom. The maximum Gasteiger partial charge on any atom is 0.278 e. The van der Waals surface area contributed by atoms with Gasteiger partial charge in [0.1, 0.15) is 6.10 Å². The highest BCUT2D eigenvalue weighted by Crippen LogP contribution is 2.23. The van der Waals surface area contributed by atoms with E-state index in [-0.39, 0.29) is 12.0 Å². The number of piperidine rings is 1. The lowest BCUT2D eigenvalue weighted by atomic mass is 10.1. The summed E-state index contributed by atoms with van der Waals surface area (Å²) in [6.07, 6.45) is 8.15. The summed E-state index contributed by atoms with van der Waals surface area (Å²) in [6.45, 7) is 3.16. The summed E-state index contributed by atoms with van der Waals surface area (Å²) >= 11 is 0. The Kier molecular flexibility index (Phi) is 4.92. The van der Waals surface area contributed by atoms with E-state index in [0.29, 0.717) is 18.3 Å². The normalized spacial score (nSPS) is 19.1. The van der Waals surface area contributed by atoms with Gasteiger partial charge in [-0.2, -0.15) is 0 Å². The molecule has 0 aliphatic carbocycles. The molecule has 1 atom stereocenters. The first-order valence-corrected chi connectivity index (χ1v) is 6.68. The van der Waals surface area contributed by atoms with Crippen LogP contribution < -0.4 is 9.47 Å². The van der Waals surface area contributed by atoms with Crippen LogP contribution in [-0.4, -0.2) is 47.1 Å². The number of allylic oxidation sites excluding steroid dienone is 1. The molecule has 1 aliphatic rings. The lowest BCUT2D eigenvalue weighted by Gasteiger charge is -2.32. The van der Waals surface area contributed by atoms with Gasteiger partial charge in [-0.05, 0) is 25.8 Å². The Morgan fingerprint density at radius 1 is 1.40 bits per heavy atom. The maximum absolute atomic E-state index is 11.9. The van der Waals surface area contributed by atoms with E-state index in [9.17, 15) is 4.79 Å². The first kappa shape index (κ1) is 14.3. The summed E-state index contributed by atoms with van der Waals surface area (Å²) in [5.74, 6) is 0.761. The molecule has 1 saturated heterocycles. The van der Waals surface area contributed by atoms with E-state index in [1.165, 1.54) is 7.11 Å². The van der Waals surface area contributed by atoms with Gasteiger partial charge in [0.25, 0.3) is 11.8 Å². The zero-order chi connectivity index (χ0) is 14.4. The van der Waals surface area contributed by atoms with Crippen LogP contribution in [0.5, 0.6) is 11.8 Å². The van der Waals surface area contributed by atoms with Gasteiger partial charge in [0.05, 0.1) is 13.7 Å². The minimum Gasteiger partial charge on any atom is -0.477 e. The molecule has 2 rings (SSSR count). The van der Waals surface area contributed by atoms with Crippen LogP contribution in [-0.2, 0) is 4.79 Å². The van der Waals surface area contributed by atoms with E-state index in [0.717, 1.165) is 19.4 Å². The molecule has 0 N–H and O–H groups in total. The second-order valence-corrected chi connectivity index (χ2v) is 4.54. The molecule has 0 saturated carbocycles. The number of likely N-dealkylation sites (tertiary alicyclic amines) is 1. The molecule has 0 bridgehead atoms. The number of rotatable bonds is 4. The number of hydrogen-bond acceptors (Lipinski definition) is 5. The van der Waals surface area contributed by atoms with Crippen molar-refractivity contribution in [2.24, 2.45) is 0 Å². The molecule has 0 unspecified atom stereocenters.